The van der Waals surface area contributed by atoms with E-state index in [0.717, 1.165) is 33.3 Å². The monoisotopic (exact) mass is 248 g/mol. The van der Waals surface area contributed by atoms with Crippen LogP contribution in [0, 0.1) is 0 Å². The molecule has 0 aliphatic heterocycles. The molecule has 0 unspecified atom stereocenters. The van der Waals surface area contributed by atoms with Gasteiger partial charge < -0.3 is 10.5 Å². The minimum absolute atomic E-state index is 0.552. The van der Waals surface area contributed by atoms with Gasteiger partial charge in [-0.3, -0.25) is 0 Å². The van der Waals surface area contributed by atoms with Gasteiger partial charge in [-0.15, -0.1) is 11.3 Å². The van der Waals surface area contributed by atoms with Crippen molar-refractivity contribution < 1.29 is 4.74 Å². The van der Waals surface area contributed by atoms with Crippen LogP contribution in [0.15, 0.2) is 24.3 Å². The van der Waals surface area contributed by atoms with Crippen molar-refractivity contribution in [3.05, 3.63) is 34.8 Å². The fourth-order valence-electron chi connectivity index (χ4n) is 1.76. The molecule has 1 heterocycles. The number of aromatic nitrogens is 1. The standard InChI is InChI=1S/C13H16N2OS/c1-3-10-12(8-14)17-13(15-10)9-6-4-5-7-11(9)16-2/h4-7H,3,8,14H2,1-2H3. The Bertz CT molecular complexity index is 486. The van der Waals surface area contributed by atoms with Crippen LogP contribution >= 0.6 is 11.3 Å². The molecule has 0 saturated carbocycles. The number of benzene rings is 1. The van der Waals surface area contributed by atoms with E-state index in [9.17, 15) is 0 Å². The Labute approximate surface area is 105 Å². The first kappa shape index (κ1) is 12.1. The molecule has 4 heteroatoms. The summed E-state index contributed by atoms with van der Waals surface area (Å²) in [4.78, 5) is 5.80. The molecule has 0 bridgehead atoms. The van der Waals surface area contributed by atoms with Crippen molar-refractivity contribution in [1.82, 2.24) is 4.98 Å². The van der Waals surface area contributed by atoms with Crippen LogP contribution in [0.3, 0.4) is 0 Å². The number of hydrogen-bond donors (Lipinski definition) is 1. The maximum atomic E-state index is 5.73. The van der Waals surface area contributed by atoms with Crippen molar-refractivity contribution in [2.24, 2.45) is 5.73 Å². The minimum atomic E-state index is 0.552. The van der Waals surface area contributed by atoms with Gasteiger partial charge in [0.05, 0.1) is 18.4 Å². The quantitative estimate of drug-likeness (QED) is 0.905. The number of nitrogens with zero attached hydrogens (tertiary/aromatic N) is 1. The van der Waals surface area contributed by atoms with Crippen molar-refractivity contribution in [3.8, 4) is 16.3 Å². The number of aryl methyl sites for hydroxylation is 1. The largest absolute Gasteiger partial charge is 0.496 e. The summed E-state index contributed by atoms with van der Waals surface area (Å²) in [5, 5.41) is 0.986. The third-order valence-electron chi connectivity index (χ3n) is 2.64. The molecule has 0 radical (unpaired) electrons. The van der Waals surface area contributed by atoms with E-state index >= 15 is 0 Å². The Morgan fingerprint density at radius 2 is 2.12 bits per heavy atom. The summed E-state index contributed by atoms with van der Waals surface area (Å²) < 4.78 is 5.35. The number of hydrogen-bond acceptors (Lipinski definition) is 4. The van der Waals surface area contributed by atoms with Crippen LogP contribution in [0.5, 0.6) is 5.75 Å². The van der Waals surface area contributed by atoms with Crippen molar-refractivity contribution in [3.63, 3.8) is 0 Å². The van der Waals surface area contributed by atoms with Gasteiger partial charge in [0.2, 0.25) is 0 Å². The number of para-hydroxylation sites is 1. The highest BCUT2D eigenvalue weighted by molar-refractivity contribution is 7.15. The average molecular weight is 248 g/mol. The van der Waals surface area contributed by atoms with Gasteiger partial charge in [-0.25, -0.2) is 4.98 Å². The van der Waals surface area contributed by atoms with Gasteiger partial charge in [0.1, 0.15) is 10.8 Å². The summed E-state index contributed by atoms with van der Waals surface area (Å²) >= 11 is 1.65. The van der Waals surface area contributed by atoms with E-state index < -0.39 is 0 Å². The molecule has 17 heavy (non-hydrogen) atoms. The normalized spacial score (nSPS) is 10.5. The fourth-order valence-corrected chi connectivity index (χ4v) is 2.81. The number of nitrogens with two attached hydrogens (primary N) is 1. The van der Waals surface area contributed by atoms with Gasteiger partial charge in [0.25, 0.3) is 0 Å². The molecule has 0 saturated heterocycles. The highest BCUT2D eigenvalue weighted by Crippen LogP contribution is 2.34. The smallest absolute Gasteiger partial charge is 0.129 e. The second-order valence-electron chi connectivity index (χ2n) is 3.65. The molecule has 1 aromatic carbocycles. The molecule has 0 fully saturated rings. The zero-order chi connectivity index (χ0) is 12.3. The molecule has 0 spiro atoms. The predicted octanol–water partition coefficient (Wildman–Crippen LogP) is 2.84. The first-order valence-electron chi connectivity index (χ1n) is 5.62. The fraction of sp³-hybridized carbons (Fsp3) is 0.308. The average Bonchev–Trinajstić information content (AvgIpc) is 2.81. The molecule has 2 rings (SSSR count). The summed E-state index contributed by atoms with van der Waals surface area (Å²) in [5.74, 6) is 0.854. The van der Waals surface area contributed by atoms with E-state index in [1.54, 1.807) is 18.4 Å². The molecule has 0 atom stereocenters. The minimum Gasteiger partial charge on any atom is -0.496 e. The highest BCUT2D eigenvalue weighted by atomic mass is 32.1. The van der Waals surface area contributed by atoms with Gasteiger partial charge in [-0.1, -0.05) is 19.1 Å². The second-order valence-corrected chi connectivity index (χ2v) is 4.73. The lowest BCUT2D eigenvalue weighted by molar-refractivity contribution is 0.416. The van der Waals surface area contributed by atoms with Crippen LogP contribution in [0.2, 0.25) is 0 Å². The van der Waals surface area contributed by atoms with Crippen molar-refractivity contribution in [1.29, 1.82) is 0 Å². The SMILES string of the molecule is CCc1nc(-c2ccccc2OC)sc1CN. The first-order chi connectivity index (χ1) is 8.30. The molecule has 0 aliphatic carbocycles. The summed E-state index contributed by atoms with van der Waals surface area (Å²) in [6.45, 7) is 2.65. The zero-order valence-corrected chi connectivity index (χ0v) is 10.9. The van der Waals surface area contributed by atoms with Crippen molar-refractivity contribution in [2.45, 2.75) is 19.9 Å². The maximum absolute atomic E-state index is 5.73. The maximum Gasteiger partial charge on any atom is 0.129 e. The second kappa shape index (κ2) is 5.29. The van der Waals surface area contributed by atoms with Crippen LogP contribution in [0.1, 0.15) is 17.5 Å². The number of methoxy groups -OCH3 is 1. The highest BCUT2D eigenvalue weighted by Gasteiger charge is 2.13. The van der Waals surface area contributed by atoms with Crippen LogP contribution in [0.25, 0.3) is 10.6 Å². The number of thiazole rings is 1. The van der Waals surface area contributed by atoms with E-state index in [0.29, 0.717) is 6.54 Å². The van der Waals surface area contributed by atoms with Gasteiger partial charge >= 0.3 is 0 Å². The third-order valence-corrected chi connectivity index (χ3v) is 3.79. The van der Waals surface area contributed by atoms with E-state index in [1.165, 1.54) is 0 Å². The van der Waals surface area contributed by atoms with Gasteiger partial charge in [0, 0.05) is 11.4 Å². The van der Waals surface area contributed by atoms with Gasteiger partial charge in [-0.2, -0.15) is 0 Å². The number of rotatable bonds is 4. The molecule has 2 aromatic rings. The van der Waals surface area contributed by atoms with E-state index in [1.807, 2.05) is 24.3 Å². The zero-order valence-electron chi connectivity index (χ0n) is 10.1. The van der Waals surface area contributed by atoms with Crippen LogP contribution < -0.4 is 10.5 Å². The summed E-state index contributed by atoms with van der Waals surface area (Å²) in [7, 11) is 1.68. The molecule has 2 N–H and O–H groups in total. The Morgan fingerprint density at radius 1 is 1.35 bits per heavy atom. The third kappa shape index (κ3) is 2.33. The summed E-state index contributed by atoms with van der Waals surface area (Å²) in [5.41, 5.74) is 7.86. The topological polar surface area (TPSA) is 48.1 Å². The van der Waals surface area contributed by atoms with Crippen LogP contribution in [-0.2, 0) is 13.0 Å². The summed E-state index contributed by atoms with van der Waals surface area (Å²) in [6.07, 6.45) is 0.915. The molecule has 90 valence electrons. The van der Waals surface area contributed by atoms with E-state index in [-0.39, 0.29) is 0 Å². The van der Waals surface area contributed by atoms with E-state index in [2.05, 4.69) is 11.9 Å². The molecule has 0 amide bonds. The van der Waals surface area contributed by atoms with E-state index in [4.69, 9.17) is 10.5 Å². The number of ether oxygens (including phenoxy) is 1. The molecule has 0 aliphatic rings. The Kier molecular flexibility index (Phi) is 3.76. The Balaban J connectivity index is 2.49. The lowest BCUT2D eigenvalue weighted by Crippen LogP contribution is -1.96. The molecule has 1 aromatic heterocycles. The van der Waals surface area contributed by atoms with Crippen LogP contribution in [0.4, 0.5) is 0 Å². The van der Waals surface area contributed by atoms with Gasteiger partial charge in [-0.05, 0) is 18.6 Å². The molecular formula is C13H16N2OS. The first-order valence-corrected chi connectivity index (χ1v) is 6.43. The van der Waals surface area contributed by atoms with Crippen molar-refractivity contribution in [2.75, 3.05) is 7.11 Å². The Hall–Kier alpha value is -1.39. The predicted molar refractivity (Wildman–Crippen MR) is 71.4 cm³/mol. The Morgan fingerprint density at radius 3 is 2.71 bits per heavy atom. The molecule has 3 nitrogen and oxygen atoms in total. The lowest BCUT2D eigenvalue weighted by atomic mass is 10.2. The lowest BCUT2D eigenvalue weighted by Gasteiger charge is -2.04. The van der Waals surface area contributed by atoms with Crippen LogP contribution in [-0.4, -0.2) is 12.1 Å². The van der Waals surface area contributed by atoms with Crippen molar-refractivity contribution >= 4 is 11.3 Å². The molecular weight excluding hydrogens is 232 g/mol. The van der Waals surface area contributed by atoms with Gasteiger partial charge in [0.15, 0.2) is 0 Å². The summed E-state index contributed by atoms with van der Waals surface area (Å²) in [6, 6.07) is 7.93.